The van der Waals surface area contributed by atoms with Gasteiger partial charge in [0.05, 0.1) is 13.2 Å². The van der Waals surface area contributed by atoms with Gasteiger partial charge in [0.15, 0.2) is 0 Å². The van der Waals surface area contributed by atoms with Crippen LogP contribution in [0.2, 0.25) is 0 Å². The molecular weight excluding hydrogens is 226 g/mol. The summed E-state index contributed by atoms with van der Waals surface area (Å²) >= 11 is 0. The molecule has 4 nitrogen and oxygen atoms in total. The van der Waals surface area contributed by atoms with Crippen molar-refractivity contribution >= 4 is 10.9 Å². The van der Waals surface area contributed by atoms with E-state index in [0.29, 0.717) is 12.6 Å². The van der Waals surface area contributed by atoms with Gasteiger partial charge in [-0.25, -0.2) is 0 Å². The molecule has 0 fully saturated rings. The Morgan fingerprint density at radius 3 is 3.06 bits per heavy atom. The zero-order chi connectivity index (χ0) is 12.7. The van der Waals surface area contributed by atoms with Crippen molar-refractivity contribution in [2.45, 2.75) is 12.5 Å². The molecule has 0 aliphatic carbocycles. The first kappa shape index (κ1) is 11.6. The van der Waals surface area contributed by atoms with Crippen LogP contribution in [0.3, 0.4) is 0 Å². The highest BCUT2D eigenvalue weighted by Crippen LogP contribution is 2.34. The molecule has 1 unspecified atom stereocenters. The van der Waals surface area contributed by atoms with Gasteiger partial charge >= 0.3 is 0 Å². The van der Waals surface area contributed by atoms with Gasteiger partial charge in [-0.15, -0.1) is 0 Å². The minimum absolute atomic E-state index is 0.298. The third-order valence-corrected chi connectivity index (χ3v) is 3.95. The Balaban J connectivity index is 2.19. The molecular formula is C14H19N3O. The van der Waals surface area contributed by atoms with E-state index >= 15 is 0 Å². The SMILES string of the molecule is COc1ccc2[nH]c3c(c2c1)CCN(C)C3CN. The first-order valence-corrected chi connectivity index (χ1v) is 6.33. The van der Waals surface area contributed by atoms with Crippen molar-refractivity contribution in [3.05, 3.63) is 29.5 Å². The quantitative estimate of drug-likeness (QED) is 0.846. The number of hydrogen-bond donors (Lipinski definition) is 2. The minimum atomic E-state index is 0.298. The average Bonchev–Trinajstić information content (AvgIpc) is 2.76. The van der Waals surface area contributed by atoms with Crippen LogP contribution in [0, 0.1) is 0 Å². The van der Waals surface area contributed by atoms with Crippen LogP contribution < -0.4 is 10.5 Å². The number of nitrogens with two attached hydrogens (primary N) is 1. The molecule has 3 rings (SSSR count). The normalized spacial score (nSPS) is 20.1. The van der Waals surface area contributed by atoms with Crippen molar-refractivity contribution in [1.82, 2.24) is 9.88 Å². The fraction of sp³-hybridized carbons (Fsp3) is 0.429. The summed E-state index contributed by atoms with van der Waals surface area (Å²) in [6.07, 6.45) is 1.06. The summed E-state index contributed by atoms with van der Waals surface area (Å²) in [6, 6.07) is 6.49. The summed E-state index contributed by atoms with van der Waals surface area (Å²) in [4.78, 5) is 5.84. The Labute approximate surface area is 107 Å². The number of nitrogens with one attached hydrogen (secondary N) is 1. The molecule has 1 atom stereocenters. The molecule has 0 saturated heterocycles. The van der Waals surface area contributed by atoms with Crippen LogP contribution >= 0.6 is 0 Å². The van der Waals surface area contributed by atoms with Crippen LogP contribution in [0.5, 0.6) is 5.75 Å². The van der Waals surface area contributed by atoms with E-state index in [0.717, 1.165) is 18.7 Å². The molecule has 0 radical (unpaired) electrons. The summed E-state index contributed by atoms with van der Waals surface area (Å²) in [5, 5.41) is 1.27. The predicted octanol–water partition coefficient (Wildman–Crippen LogP) is 1.66. The second-order valence-corrected chi connectivity index (χ2v) is 4.91. The van der Waals surface area contributed by atoms with E-state index in [1.54, 1.807) is 7.11 Å². The largest absolute Gasteiger partial charge is 0.497 e. The lowest BCUT2D eigenvalue weighted by atomic mass is 9.98. The third-order valence-electron chi connectivity index (χ3n) is 3.95. The molecule has 96 valence electrons. The number of nitrogens with zero attached hydrogens (tertiary/aromatic N) is 1. The second kappa shape index (κ2) is 4.30. The van der Waals surface area contributed by atoms with Crippen molar-refractivity contribution < 1.29 is 4.74 Å². The standard InChI is InChI=1S/C14H19N3O/c1-17-6-5-10-11-7-9(18-2)3-4-12(11)16-14(10)13(17)8-15/h3-4,7,13,16H,5-6,8,15H2,1-2H3. The number of aromatic nitrogens is 1. The van der Waals surface area contributed by atoms with E-state index in [1.165, 1.54) is 22.2 Å². The molecule has 0 spiro atoms. The highest BCUT2D eigenvalue weighted by atomic mass is 16.5. The molecule has 0 bridgehead atoms. The first-order chi connectivity index (χ1) is 8.74. The fourth-order valence-corrected chi connectivity index (χ4v) is 2.89. The molecule has 3 N–H and O–H groups in total. The summed E-state index contributed by atoms with van der Waals surface area (Å²) in [5.74, 6) is 0.910. The van der Waals surface area contributed by atoms with Crippen molar-refractivity contribution in [2.75, 3.05) is 27.2 Å². The third kappa shape index (κ3) is 1.61. The predicted molar refractivity (Wildman–Crippen MR) is 73.0 cm³/mol. The lowest BCUT2D eigenvalue weighted by molar-refractivity contribution is 0.233. The Kier molecular flexibility index (Phi) is 2.76. The van der Waals surface area contributed by atoms with Crippen LogP contribution in [0.15, 0.2) is 18.2 Å². The highest BCUT2D eigenvalue weighted by Gasteiger charge is 2.26. The molecule has 0 saturated carbocycles. The monoisotopic (exact) mass is 245 g/mol. The van der Waals surface area contributed by atoms with Gasteiger partial charge in [-0.3, -0.25) is 4.90 Å². The van der Waals surface area contributed by atoms with E-state index in [-0.39, 0.29) is 0 Å². The smallest absolute Gasteiger partial charge is 0.119 e. The van der Waals surface area contributed by atoms with E-state index in [1.807, 2.05) is 6.07 Å². The lowest BCUT2D eigenvalue weighted by Gasteiger charge is -2.31. The number of benzene rings is 1. The maximum atomic E-state index is 5.90. The van der Waals surface area contributed by atoms with Gasteiger partial charge in [0, 0.05) is 29.7 Å². The van der Waals surface area contributed by atoms with Crippen LogP contribution in [0.4, 0.5) is 0 Å². The van der Waals surface area contributed by atoms with Crippen molar-refractivity contribution in [1.29, 1.82) is 0 Å². The van der Waals surface area contributed by atoms with Crippen molar-refractivity contribution in [3.63, 3.8) is 0 Å². The summed E-state index contributed by atoms with van der Waals surface area (Å²) in [7, 11) is 3.84. The molecule has 1 aliphatic rings. The number of hydrogen-bond acceptors (Lipinski definition) is 3. The van der Waals surface area contributed by atoms with Gasteiger partial charge in [0.1, 0.15) is 5.75 Å². The van der Waals surface area contributed by atoms with E-state index in [4.69, 9.17) is 10.5 Å². The Bertz CT molecular complexity index is 576. The van der Waals surface area contributed by atoms with Crippen molar-refractivity contribution in [2.24, 2.45) is 5.73 Å². The molecule has 1 aromatic heterocycles. The Hall–Kier alpha value is -1.52. The number of rotatable bonds is 2. The zero-order valence-electron chi connectivity index (χ0n) is 10.9. The van der Waals surface area contributed by atoms with Gasteiger partial charge in [-0.2, -0.15) is 0 Å². The topological polar surface area (TPSA) is 54.3 Å². The molecule has 0 amide bonds. The molecule has 1 aliphatic heterocycles. The maximum absolute atomic E-state index is 5.90. The van der Waals surface area contributed by atoms with E-state index in [9.17, 15) is 0 Å². The average molecular weight is 245 g/mol. The number of ether oxygens (including phenoxy) is 1. The minimum Gasteiger partial charge on any atom is -0.497 e. The summed E-state index contributed by atoms with van der Waals surface area (Å²) < 4.78 is 5.31. The fourth-order valence-electron chi connectivity index (χ4n) is 2.89. The number of methoxy groups -OCH3 is 1. The second-order valence-electron chi connectivity index (χ2n) is 4.91. The lowest BCUT2D eigenvalue weighted by Crippen LogP contribution is -2.36. The van der Waals surface area contributed by atoms with Crippen LogP contribution in [-0.2, 0) is 6.42 Å². The zero-order valence-corrected chi connectivity index (χ0v) is 10.9. The van der Waals surface area contributed by atoms with E-state index in [2.05, 4.69) is 29.1 Å². The number of aromatic amines is 1. The summed E-state index contributed by atoms with van der Waals surface area (Å²) in [6.45, 7) is 1.70. The van der Waals surface area contributed by atoms with Gasteiger partial charge in [-0.1, -0.05) is 0 Å². The number of H-pyrrole nitrogens is 1. The van der Waals surface area contributed by atoms with E-state index < -0.39 is 0 Å². The molecule has 2 aromatic rings. The summed E-state index contributed by atoms with van der Waals surface area (Å²) in [5.41, 5.74) is 9.75. The molecule has 1 aromatic carbocycles. The Morgan fingerprint density at radius 2 is 2.33 bits per heavy atom. The van der Waals surface area contributed by atoms with Gasteiger partial charge in [0.25, 0.3) is 0 Å². The first-order valence-electron chi connectivity index (χ1n) is 6.33. The molecule has 2 heterocycles. The van der Waals surface area contributed by atoms with Gasteiger partial charge in [0.2, 0.25) is 0 Å². The van der Waals surface area contributed by atoms with Gasteiger partial charge in [-0.05, 0) is 37.2 Å². The number of fused-ring (bicyclic) bond motifs is 3. The number of likely N-dealkylation sites (N-methyl/N-ethyl adjacent to an activating group) is 1. The van der Waals surface area contributed by atoms with Crippen LogP contribution in [-0.4, -0.2) is 37.1 Å². The highest BCUT2D eigenvalue weighted by molar-refractivity contribution is 5.86. The van der Waals surface area contributed by atoms with Crippen LogP contribution in [0.1, 0.15) is 17.3 Å². The van der Waals surface area contributed by atoms with Gasteiger partial charge < -0.3 is 15.5 Å². The molecule has 4 heteroatoms. The van der Waals surface area contributed by atoms with Crippen LogP contribution in [0.25, 0.3) is 10.9 Å². The van der Waals surface area contributed by atoms with Crippen molar-refractivity contribution in [3.8, 4) is 5.75 Å². The Morgan fingerprint density at radius 1 is 1.50 bits per heavy atom. The molecule has 18 heavy (non-hydrogen) atoms. The maximum Gasteiger partial charge on any atom is 0.119 e.